The number of halogens is 1. The van der Waals surface area contributed by atoms with Gasteiger partial charge in [-0.1, -0.05) is 17.3 Å². The molecule has 31 heavy (non-hydrogen) atoms. The summed E-state index contributed by atoms with van der Waals surface area (Å²) in [7, 11) is 3.14. The van der Waals surface area contributed by atoms with E-state index in [0.717, 1.165) is 5.56 Å². The molecule has 1 aliphatic rings. The number of methoxy groups -OCH3 is 2. The molecule has 2 atom stereocenters. The summed E-state index contributed by atoms with van der Waals surface area (Å²) in [5.41, 5.74) is 1.19. The SMILES string of the molecule is COc1ccc(-c2noc(CSC3NC(=O)CC(c4ccc(F)cc4)N3)n2)c(OC)c1. The number of hydrogen-bond acceptors (Lipinski definition) is 8. The third kappa shape index (κ3) is 4.97. The van der Waals surface area contributed by atoms with Crippen LogP contribution in [0, 0.1) is 5.82 Å². The molecule has 2 unspecified atom stereocenters. The van der Waals surface area contributed by atoms with Crippen LogP contribution < -0.4 is 20.1 Å². The predicted octanol–water partition coefficient (Wildman–Crippen LogP) is 3.26. The minimum absolute atomic E-state index is 0.0836. The van der Waals surface area contributed by atoms with E-state index in [4.69, 9.17) is 14.0 Å². The molecule has 2 aromatic carbocycles. The summed E-state index contributed by atoms with van der Waals surface area (Å²) in [5, 5.41) is 10.3. The number of nitrogens with zero attached hydrogens (tertiary/aromatic N) is 2. The van der Waals surface area contributed by atoms with E-state index >= 15 is 0 Å². The van der Waals surface area contributed by atoms with E-state index in [9.17, 15) is 9.18 Å². The molecular weight excluding hydrogens is 423 g/mol. The minimum Gasteiger partial charge on any atom is -0.497 e. The maximum absolute atomic E-state index is 13.2. The number of amides is 1. The molecule has 3 aromatic rings. The number of carbonyl (C=O) groups is 1. The highest BCUT2D eigenvalue weighted by Gasteiger charge is 2.27. The molecule has 162 valence electrons. The first-order chi connectivity index (χ1) is 15.1. The van der Waals surface area contributed by atoms with Crippen LogP contribution in [0.2, 0.25) is 0 Å². The van der Waals surface area contributed by atoms with Gasteiger partial charge in [0, 0.05) is 18.5 Å². The van der Waals surface area contributed by atoms with Crippen molar-refractivity contribution in [3.63, 3.8) is 0 Å². The second-order valence-electron chi connectivity index (χ2n) is 6.81. The van der Waals surface area contributed by atoms with Crippen molar-refractivity contribution in [1.82, 2.24) is 20.8 Å². The fraction of sp³-hybridized carbons (Fsp3) is 0.286. The normalized spacial score (nSPS) is 18.5. The van der Waals surface area contributed by atoms with Crippen LogP contribution in [0.4, 0.5) is 4.39 Å². The van der Waals surface area contributed by atoms with E-state index in [1.54, 1.807) is 44.6 Å². The Hall–Kier alpha value is -3.11. The van der Waals surface area contributed by atoms with Gasteiger partial charge in [-0.3, -0.25) is 10.1 Å². The molecule has 2 N–H and O–H groups in total. The summed E-state index contributed by atoms with van der Waals surface area (Å²) < 4.78 is 29.1. The molecule has 0 bridgehead atoms. The number of nitrogens with one attached hydrogen (secondary N) is 2. The molecule has 8 nitrogen and oxygen atoms in total. The van der Waals surface area contributed by atoms with E-state index in [2.05, 4.69) is 20.8 Å². The van der Waals surface area contributed by atoms with Gasteiger partial charge in [0.05, 0.1) is 25.5 Å². The molecular formula is C21H21FN4O4S. The maximum Gasteiger partial charge on any atom is 0.237 e. The van der Waals surface area contributed by atoms with Gasteiger partial charge in [-0.25, -0.2) is 4.39 Å². The molecule has 10 heteroatoms. The summed E-state index contributed by atoms with van der Waals surface area (Å²) in [4.78, 5) is 16.6. The summed E-state index contributed by atoms with van der Waals surface area (Å²) in [5.74, 6) is 2.05. The molecule has 0 saturated carbocycles. The average Bonchev–Trinajstić information content (AvgIpc) is 3.26. The molecule has 0 aliphatic carbocycles. The zero-order valence-corrected chi connectivity index (χ0v) is 17.7. The monoisotopic (exact) mass is 444 g/mol. The van der Waals surface area contributed by atoms with Crippen LogP contribution in [0.3, 0.4) is 0 Å². The van der Waals surface area contributed by atoms with Crippen molar-refractivity contribution in [1.29, 1.82) is 0 Å². The first-order valence-corrected chi connectivity index (χ1v) is 10.6. The molecule has 1 saturated heterocycles. The van der Waals surface area contributed by atoms with E-state index in [1.807, 2.05) is 0 Å². The Kier molecular flexibility index (Phi) is 6.38. The van der Waals surface area contributed by atoms with Crippen LogP contribution in [0.1, 0.15) is 23.9 Å². The summed E-state index contributed by atoms with van der Waals surface area (Å²) in [6, 6.07) is 11.3. The van der Waals surface area contributed by atoms with Gasteiger partial charge in [0.15, 0.2) is 0 Å². The number of ether oxygens (including phenoxy) is 2. The zero-order chi connectivity index (χ0) is 21.8. The highest BCUT2D eigenvalue weighted by molar-refractivity contribution is 7.99. The molecule has 2 heterocycles. The standard InChI is InChI=1S/C21H21FN4O4S/c1-28-14-7-8-15(17(9-14)29-2)20-25-19(30-26-20)11-31-21-23-16(10-18(27)24-21)12-3-5-13(22)6-4-12/h3-9,16,21,23H,10-11H2,1-2H3,(H,24,27). The van der Waals surface area contributed by atoms with Gasteiger partial charge in [0.25, 0.3) is 0 Å². The second kappa shape index (κ2) is 9.36. The van der Waals surface area contributed by atoms with Crippen LogP contribution in [-0.2, 0) is 10.5 Å². The van der Waals surface area contributed by atoms with Crippen molar-refractivity contribution in [3.05, 3.63) is 59.7 Å². The lowest BCUT2D eigenvalue weighted by atomic mass is 10.0. The number of rotatable bonds is 7. The van der Waals surface area contributed by atoms with E-state index in [-0.39, 0.29) is 29.7 Å². The summed E-state index contributed by atoms with van der Waals surface area (Å²) in [6.45, 7) is 0. The minimum atomic E-state index is -0.345. The molecule has 0 spiro atoms. The van der Waals surface area contributed by atoms with Crippen molar-refractivity contribution in [2.75, 3.05) is 14.2 Å². The van der Waals surface area contributed by atoms with E-state index < -0.39 is 0 Å². The number of carbonyl (C=O) groups excluding carboxylic acids is 1. The predicted molar refractivity (Wildman–Crippen MR) is 113 cm³/mol. The van der Waals surface area contributed by atoms with Crippen molar-refractivity contribution >= 4 is 17.7 Å². The third-order valence-corrected chi connectivity index (χ3v) is 5.80. The van der Waals surface area contributed by atoms with Crippen molar-refractivity contribution in [2.45, 2.75) is 23.7 Å². The van der Waals surface area contributed by atoms with Crippen LogP contribution >= 0.6 is 11.8 Å². The number of aromatic nitrogens is 2. The Morgan fingerprint density at radius 1 is 1.19 bits per heavy atom. The Balaban J connectivity index is 1.41. The maximum atomic E-state index is 13.2. The molecule has 1 fully saturated rings. The van der Waals surface area contributed by atoms with Crippen LogP contribution in [-0.4, -0.2) is 35.8 Å². The van der Waals surface area contributed by atoms with Crippen LogP contribution in [0.15, 0.2) is 47.0 Å². The Morgan fingerprint density at radius 3 is 2.74 bits per heavy atom. The van der Waals surface area contributed by atoms with Gasteiger partial charge in [-0.05, 0) is 29.8 Å². The van der Waals surface area contributed by atoms with Gasteiger partial charge < -0.3 is 19.3 Å². The molecule has 1 aliphatic heterocycles. The van der Waals surface area contributed by atoms with E-state index in [0.29, 0.717) is 34.5 Å². The van der Waals surface area contributed by atoms with Crippen molar-refractivity contribution in [3.8, 4) is 22.9 Å². The summed E-state index contributed by atoms with van der Waals surface area (Å²) in [6.07, 6.45) is 0.282. The second-order valence-corrected chi connectivity index (χ2v) is 7.90. The first kappa shape index (κ1) is 21.1. The van der Waals surface area contributed by atoms with Gasteiger partial charge in [0.2, 0.25) is 17.6 Å². The smallest absolute Gasteiger partial charge is 0.237 e. The largest absolute Gasteiger partial charge is 0.497 e. The van der Waals surface area contributed by atoms with Crippen molar-refractivity contribution in [2.24, 2.45) is 0 Å². The number of thioether (sulfide) groups is 1. The average molecular weight is 444 g/mol. The highest BCUT2D eigenvalue weighted by atomic mass is 32.2. The fourth-order valence-corrected chi connectivity index (χ4v) is 4.14. The summed E-state index contributed by atoms with van der Waals surface area (Å²) >= 11 is 1.42. The topological polar surface area (TPSA) is 98.5 Å². The van der Waals surface area contributed by atoms with Gasteiger partial charge in [0.1, 0.15) is 22.8 Å². The van der Waals surface area contributed by atoms with Crippen LogP contribution in [0.5, 0.6) is 11.5 Å². The zero-order valence-electron chi connectivity index (χ0n) is 16.9. The quantitative estimate of drug-likeness (QED) is 0.573. The molecule has 1 aromatic heterocycles. The number of hydrogen-bond donors (Lipinski definition) is 2. The number of benzene rings is 2. The van der Waals surface area contributed by atoms with Crippen LogP contribution in [0.25, 0.3) is 11.4 Å². The molecule has 0 radical (unpaired) electrons. The lowest BCUT2D eigenvalue weighted by Gasteiger charge is -2.31. The Morgan fingerprint density at radius 2 is 2.00 bits per heavy atom. The van der Waals surface area contributed by atoms with Gasteiger partial charge in [-0.2, -0.15) is 4.98 Å². The lowest BCUT2D eigenvalue weighted by Crippen LogP contribution is -2.50. The highest BCUT2D eigenvalue weighted by Crippen LogP contribution is 2.32. The fourth-order valence-electron chi connectivity index (χ4n) is 3.23. The van der Waals surface area contributed by atoms with Crippen molar-refractivity contribution < 1.29 is 23.2 Å². The Bertz CT molecular complexity index is 1060. The first-order valence-electron chi connectivity index (χ1n) is 9.53. The van der Waals surface area contributed by atoms with Gasteiger partial charge >= 0.3 is 0 Å². The molecule has 4 rings (SSSR count). The lowest BCUT2D eigenvalue weighted by molar-refractivity contribution is -0.123. The third-order valence-electron chi connectivity index (χ3n) is 4.80. The van der Waals surface area contributed by atoms with E-state index in [1.165, 1.54) is 23.9 Å². The molecule has 1 amide bonds. The Labute approximate surface area is 182 Å². The van der Waals surface area contributed by atoms with Gasteiger partial charge in [-0.15, -0.1) is 11.8 Å².